The van der Waals surface area contributed by atoms with Gasteiger partial charge < -0.3 is 14.6 Å². The molecule has 2 heterocycles. The van der Waals surface area contributed by atoms with E-state index in [1.54, 1.807) is 29.0 Å². The Morgan fingerprint density at radius 3 is 2.50 bits per heavy atom. The summed E-state index contributed by atoms with van der Waals surface area (Å²) in [5, 5.41) is 10.2. The third kappa shape index (κ3) is 3.90. The smallest absolute Gasteiger partial charge is 0.341 e. The summed E-state index contributed by atoms with van der Waals surface area (Å²) in [5.74, 6) is -0.594. The number of hydrogen-bond acceptors (Lipinski definition) is 6. The van der Waals surface area contributed by atoms with Crippen LogP contribution in [0.3, 0.4) is 0 Å². The molecule has 0 atom stereocenters. The first-order valence-corrected chi connectivity index (χ1v) is 9.50. The molecule has 1 aromatic carbocycles. The molecule has 0 unspecified atom stereocenters. The molecule has 28 heavy (non-hydrogen) atoms. The Morgan fingerprint density at radius 2 is 1.89 bits per heavy atom. The number of aryl methyl sites for hydroxylation is 2. The van der Waals surface area contributed by atoms with Gasteiger partial charge >= 0.3 is 5.97 Å². The molecular formula is C19H18N2O5S2. The van der Waals surface area contributed by atoms with E-state index in [-0.39, 0.29) is 5.91 Å². The third-order valence-corrected chi connectivity index (χ3v) is 5.33. The van der Waals surface area contributed by atoms with Crippen molar-refractivity contribution >= 4 is 46.3 Å². The molecule has 0 spiro atoms. The van der Waals surface area contributed by atoms with Crippen LogP contribution in [0, 0.1) is 13.8 Å². The van der Waals surface area contributed by atoms with Crippen molar-refractivity contribution in [1.82, 2.24) is 4.68 Å². The van der Waals surface area contributed by atoms with E-state index in [0.717, 1.165) is 11.4 Å². The average molecular weight is 418 g/mol. The number of aliphatic carboxylic acids is 1. The van der Waals surface area contributed by atoms with E-state index >= 15 is 0 Å². The van der Waals surface area contributed by atoms with Crippen LogP contribution >= 0.6 is 24.0 Å². The first kappa shape index (κ1) is 20.0. The molecule has 1 fully saturated rings. The molecule has 9 heteroatoms. The normalized spacial score (nSPS) is 15.4. The van der Waals surface area contributed by atoms with Crippen LogP contribution in [0.2, 0.25) is 0 Å². The fraction of sp³-hybridized carbons (Fsp3) is 0.211. The molecule has 0 bridgehead atoms. The van der Waals surface area contributed by atoms with E-state index < -0.39 is 12.6 Å². The van der Waals surface area contributed by atoms with Crippen molar-refractivity contribution in [3.63, 3.8) is 0 Å². The largest absolute Gasteiger partial charge is 0.493 e. The summed E-state index contributed by atoms with van der Waals surface area (Å²) in [4.78, 5) is 24.1. The van der Waals surface area contributed by atoms with Crippen LogP contribution in [0.5, 0.6) is 11.5 Å². The summed E-state index contributed by atoms with van der Waals surface area (Å²) >= 11 is 6.63. The maximum atomic E-state index is 12.9. The molecule has 7 nitrogen and oxygen atoms in total. The number of carboxylic acid groups (broad SMARTS) is 1. The number of methoxy groups -OCH3 is 1. The first-order chi connectivity index (χ1) is 13.3. The standard InChI is InChI=1S/C19H18N2O5S2/c1-11-4-5-12(2)20(11)21-18(24)16(28-19(21)27)9-13-6-7-14(15(8-13)25-3)26-10-17(22)23/h4-9H,10H2,1-3H3,(H,22,23)/b16-9+. The van der Waals surface area contributed by atoms with Crippen molar-refractivity contribution in [2.45, 2.75) is 13.8 Å². The lowest BCUT2D eigenvalue weighted by Crippen LogP contribution is -2.39. The Bertz CT molecular complexity index is 977. The summed E-state index contributed by atoms with van der Waals surface area (Å²) in [6.45, 7) is 3.36. The predicted molar refractivity (Wildman–Crippen MR) is 111 cm³/mol. The number of rotatable bonds is 6. The van der Waals surface area contributed by atoms with Crippen molar-refractivity contribution in [1.29, 1.82) is 0 Å². The number of amides is 1. The highest BCUT2D eigenvalue weighted by molar-refractivity contribution is 8.27. The van der Waals surface area contributed by atoms with Crippen molar-refractivity contribution < 1.29 is 24.2 Å². The van der Waals surface area contributed by atoms with Gasteiger partial charge in [0.25, 0.3) is 5.91 Å². The number of benzene rings is 1. The SMILES string of the molecule is COc1cc(/C=C2/SC(=S)N(n3c(C)ccc3C)C2=O)ccc1OCC(=O)O. The summed E-state index contributed by atoms with van der Waals surface area (Å²) in [6, 6.07) is 8.86. The van der Waals surface area contributed by atoms with Crippen molar-refractivity contribution in [2.24, 2.45) is 0 Å². The summed E-state index contributed by atoms with van der Waals surface area (Å²) < 4.78 is 12.7. The van der Waals surface area contributed by atoms with Crippen LogP contribution in [-0.4, -0.2) is 39.7 Å². The molecule has 1 amide bonds. The van der Waals surface area contributed by atoms with Crippen LogP contribution < -0.4 is 14.5 Å². The van der Waals surface area contributed by atoms with E-state index in [1.165, 1.54) is 23.9 Å². The van der Waals surface area contributed by atoms with Gasteiger partial charge in [-0.3, -0.25) is 9.47 Å². The molecule has 1 aromatic heterocycles. The number of carbonyl (C=O) groups excluding carboxylic acids is 1. The molecule has 0 radical (unpaired) electrons. The minimum atomic E-state index is -1.08. The van der Waals surface area contributed by atoms with E-state index in [4.69, 9.17) is 26.8 Å². The van der Waals surface area contributed by atoms with Gasteiger partial charge in [0, 0.05) is 11.4 Å². The zero-order valence-corrected chi connectivity index (χ0v) is 17.1. The van der Waals surface area contributed by atoms with Gasteiger partial charge in [-0.15, -0.1) is 0 Å². The van der Waals surface area contributed by atoms with Crippen LogP contribution in [0.15, 0.2) is 35.2 Å². The second kappa shape index (κ2) is 8.07. The van der Waals surface area contributed by atoms with Crippen LogP contribution in [0.4, 0.5) is 0 Å². The molecule has 1 aliphatic heterocycles. The highest BCUT2D eigenvalue weighted by atomic mass is 32.2. The minimum absolute atomic E-state index is 0.206. The molecule has 2 aromatic rings. The third-order valence-electron chi connectivity index (χ3n) is 4.04. The highest BCUT2D eigenvalue weighted by Gasteiger charge is 2.34. The Hall–Kier alpha value is -2.78. The van der Waals surface area contributed by atoms with E-state index in [0.29, 0.717) is 26.3 Å². The van der Waals surface area contributed by atoms with Gasteiger partial charge in [-0.1, -0.05) is 17.8 Å². The maximum absolute atomic E-state index is 12.9. The number of thioether (sulfide) groups is 1. The summed E-state index contributed by atoms with van der Waals surface area (Å²) in [5.41, 5.74) is 2.54. The predicted octanol–water partition coefficient (Wildman–Crippen LogP) is 3.11. The average Bonchev–Trinajstić information content (AvgIpc) is 3.11. The van der Waals surface area contributed by atoms with Gasteiger partial charge in [0.15, 0.2) is 22.4 Å². The second-order valence-electron chi connectivity index (χ2n) is 6.01. The number of thiocarbonyl (C=S) groups is 1. The van der Waals surface area contributed by atoms with Crippen molar-refractivity contribution in [3.05, 3.63) is 52.2 Å². The topological polar surface area (TPSA) is 81.0 Å². The van der Waals surface area contributed by atoms with Gasteiger partial charge in [0.2, 0.25) is 0 Å². The number of ether oxygens (including phenoxy) is 2. The van der Waals surface area contributed by atoms with Gasteiger partial charge in [0.05, 0.1) is 12.0 Å². The zero-order chi connectivity index (χ0) is 20.4. The molecule has 146 valence electrons. The zero-order valence-electron chi connectivity index (χ0n) is 15.5. The molecular weight excluding hydrogens is 400 g/mol. The van der Waals surface area contributed by atoms with Crippen molar-refractivity contribution in [2.75, 3.05) is 18.7 Å². The molecule has 1 aliphatic rings. The summed E-state index contributed by atoms with van der Waals surface area (Å²) in [6.07, 6.45) is 1.72. The lowest BCUT2D eigenvalue weighted by atomic mass is 10.2. The lowest BCUT2D eigenvalue weighted by molar-refractivity contribution is -0.139. The molecule has 0 saturated carbocycles. The highest BCUT2D eigenvalue weighted by Crippen LogP contribution is 2.34. The number of nitrogens with zero attached hydrogens (tertiary/aromatic N) is 2. The Labute approximate surface area is 171 Å². The van der Waals surface area contributed by atoms with Crippen molar-refractivity contribution in [3.8, 4) is 11.5 Å². The Morgan fingerprint density at radius 1 is 1.21 bits per heavy atom. The maximum Gasteiger partial charge on any atom is 0.341 e. The van der Waals surface area contributed by atoms with Crippen LogP contribution in [0.1, 0.15) is 17.0 Å². The van der Waals surface area contributed by atoms with E-state index in [9.17, 15) is 9.59 Å². The molecule has 0 aliphatic carbocycles. The fourth-order valence-electron chi connectivity index (χ4n) is 2.79. The Balaban J connectivity index is 1.89. The monoisotopic (exact) mass is 418 g/mol. The van der Waals surface area contributed by atoms with Crippen LogP contribution in [-0.2, 0) is 9.59 Å². The molecule has 1 N–H and O–H groups in total. The van der Waals surface area contributed by atoms with Gasteiger partial charge in [-0.2, -0.15) is 5.01 Å². The van der Waals surface area contributed by atoms with Gasteiger partial charge in [-0.25, -0.2) is 4.79 Å². The summed E-state index contributed by atoms with van der Waals surface area (Å²) in [7, 11) is 1.46. The number of carbonyl (C=O) groups is 2. The fourth-order valence-corrected chi connectivity index (χ4v) is 4.03. The number of hydrogen-bond donors (Lipinski definition) is 1. The number of carboxylic acids is 1. The molecule has 1 saturated heterocycles. The lowest BCUT2D eigenvalue weighted by Gasteiger charge is -2.20. The van der Waals surface area contributed by atoms with E-state index in [2.05, 4.69) is 0 Å². The quantitative estimate of drug-likeness (QED) is 0.570. The minimum Gasteiger partial charge on any atom is -0.493 e. The molecule has 3 rings (SSSR count). The van der Waals surface area contributed by atoms with Gasteiger partial charge in [0.1, 0.15) is 0 Å². The van der Waals surface area contributed by atoms with Crippen LogP contribution in [0.25, 0.3) is 6.08 Å². The van der Waals surface area contributed by atoms with Gasteiger partial charge in [-0.05, 0) is 62.0 Å². The number of aromatic nitrogens is 1. The van der Waals surface area contributed by atoms with E-state index in [1.807, 2.05) is 26.0 Å². The Kier molecular flexibility index (Phi) is 5.76. The second-order valence-corrected chi connectivity index (χ2v) is 7.69. The first-order valence-electron chi connectivity index (χ1n) is 8.27.